The third kappa shape index (κ3) is 5.45. The molecule has 5 rings (SSSR count). The quantitative estimate of drug-likeness (QED) is 0.401. The van der Waals surface area contributed by atoms with E-state index in [1.807, 2.05) is 18.2 Å². The third-order valence-corrected chi connectivity index (χ3v) is 6.85. The number of nitrogens with one attached hydrogen (secondary N) is 2. The number of halogens is 2. The molecule has 1 heterocycles. The number of hydrogen-bond donors (Lipinski definition) is 2. The van der Waals surface area contributed by atoms with E-state index < -0.39 is 5.97 Å². The minimum Gasteiger partial charge on any atom is -0.335 e. The second-order valence-corrected chi connectivity index (χ2v) is 9.62. The van der Waals surface area contributed by atoms with Crippen molar-refractivity contribution in [2.75, 3.05) is 16.9 Å². The molecule has 1 atom stereocenters. The molecule has 0 radical (unpaired) electrons. The van der Waals surface area contributed by atoms with E-state index in [0.717, 1.165) is 24.1 Å². The number of carbonyl (C=O) groups is 2. The van der Waals surface area contributed by atoms with Crippen LogP contribution in [0.2, 0.25) is 10.0 Å². The first-order valence-corrected chi connectivity index (χ1v) is 12.5. The van der Waals surface area contributed by atoms with E-state index in [1.165, 1.54) is 18.9 Å². The molecule has 8 heteroatoms. The standard InChI is InChI=1S/C27H25Cl2N3O3/c28-22-8-3-1-6-19(22)26(33)31-18-13-14-20(23(29)16-18)27(34)35-32-15-5-9-24(30-17-11-12-17)21-7-2-4-10-25(21)32/h1-4,6-8,10,13-14,16-17,24,30H,5,9,11-12,15H2,(H,31,33). The van der Waals surface area contributed by atoms with Crippen LogP contribution in [-0.2, 0) is 4.84 Å². The maximum Gasteiger partial charge on any atom is 0.364 e. The number of fused-ring (bicyclic) bond motifs is 1. The summed E-state index contributed by atoms with van der Waals surface area (Å²) in [5, 5.41) is 8.66. The van der Waals surface area contributed by atoms with Crippen molar-refractivity contribution in [3.63, 3.8) is 0 Å². The molecule has 1 fully saturated rings. The number of para-hydroxylation sites is 1. The molecule has 1 unspecified atom stereocenters. The highest BCUT2D eigenvalue weighted by molar-refractivity contribution is 6.35. The van der Waals surface area contributed by atoms with Crippen molar-refractivity contribution in [3.8, 4) is 0 Å². The summed E-state index contributed by atoms with van der Waals surface area (Å²) in [4.78, 5) is 31.4. The van der Waals surface area contributed by atoms with Gasteiger partial charge in [0.2, 0.25) is 0 Å². The second kappa shape index (κ2) is 10.3. The Kier molecular flexibility index (Phi) is 6.95. The molecule has 35 heavy (non-hydrogen) atoms. The van der Waals surface area contributed by atoms with Crippen molar-refractivity contribution in [2.24, 2.45) is 0 Å². The van der Waals surface area contributed by atoms with E-state index in [-0.39, 0.29) is 22.5 Å². The Morgan fingerprint density at radius 2 is 1.66 bits per heavy atom. The lowest BCUT2D eigenvalue weighted by Crippen LogP contribution is -2.28. The fraction of sp³-hybridized carbons (Fsp3) is 0.259. The van der Waals surface area contributed by atoms with E-state index in [1.54, 1.807) is 41.5 Å². The van der Waals surface area contributed by atoms with Gasteiger partial charge in [0.05, 0.1) is 33.4 Å². The van der Waals surface area contributed by atoms with E-state index in [2.05, 4.69) is 16.7 Å². The van der Waals surface area contributed by atoms with E-state index in [4.69, 9.17) is 28.0 Å². The number of amides is 1. The van der Waals surface area contributed by atoms with Crippen LogP contribution in [-0.4, -0.2) is 24.5 Å². The highest BCUT2D eigenvalue weighted by Gasteiger charge is 2.30. The van der Waals surface area contributed by atoms with Crippen LogP contribution < -0.4 is 15.7 Å². The summed E-state index contributed by atoms with van der Waals surface area (Å²) >= 11 is 12.5. The molecule has 0 saturated heterocycles. The lowest BCUT2D eigenvalue weighted by Gasteiger charge is -2.24. The SMILES string of the molecule is O=C(Nc1ccc(C(=O)ON2CCCC(NC3CC3)c3ccccc32)c(Cl)c1)c1ccccc1Cl. The van der Waals surface area contributed by atoms with Crippen molar-refractivity contribution in [1.29, 1.82) is 0 Å². The zero-order valence-electron chi connectivity index (χ0n) is 19.0. The maximum atomic E-state index is 13.1. The molecule has 0 spiro atoms. The average molecular weight is 510 g/mol. The van der Waals surface area contributed by atoms with Crippen molar-refractivity contribution < 1.29 is 14.4 Å². The Bertz CT molecular complexity index is 1260. The molecule has 1 aliphatic heterocycles. The number of hydrogen-bond acceptors (Lipinski definition) is 5. The van der Waals surface area contributed by atoms with Crippen LogP contribution in [0.4, 0.5) is 11.4 Å². The van der Waals surface area contributed by atoms with Gasteiger partial charge in [-0.15, -0.1) is 0 Å². The molecule has 1 aliphatic carbocycles. The molecule has 3 aromatic carbocycles. The van der Waals surface area contributed by atoms with Gasteiger partial charge in [-0.05, 0) is 67.6 Å². The van der Waals surface area contributed by atoms with Crippen LogP contribution in [0.3, 0.4) is 0 Å². The van der Waals surface area contributed by atoms with E-state index in [0.29, 0.717) is 28.9 Å². The molecule has 2 N–H and O–H groups in total. The minimum absolute atomic E-state index is 0.184. The van der Waals surface area contributed by atoms with Crippen molar-refractivity contribution >= 4 is 46.5 Å². The van der Waals surface area contributed by atoms with Crippen molar-refractivity contribution in [2.45, 2.75) is 37.8 Å². The fourth-order valence-corrected chi connectivity index (χ4v) is 4.76. The van der Waals surface area contributed by atoms with Crippen LogP contribution in [0.1, 0.15) is 58.0 Å². The molecular formula is C27H25Cl2N3O3. The normalized spacial score (nSPS) is 17.3. The number of hydroxylamine groups is 1. The number of rotatable bonds is 6. The van der Waals surface area contributed by atoms with Gasteiger partial charge in [-0.1, -0.05) is 53.5 Å². The zero-order chi connectivity index (χ0) is 24.4. The number of benzene rings is 3. The fourth-order valence-electron chi connectivity index (χ4n) is 4.28. The molecule has 2 aliphatic rings. The predicted octanol–water partition coefficient (Wildman–Crippen LogP) is 6.41. The van der Waals surface area contributed by atoms with Gasteiger partial charge in [0.1, 0.15) is 0 Å². The Morgan fingerprint density at radius 1 is 0.886 bits per heavy atom. The lowest BCUT2D eigenvalue weighted by atomic mass is 10.0. The summed E-state index contributed by atoms with van der Waals surface area (Å²) in [5.41, 5.74) is 3.04. The molecule has 180 valence electrons. The highest BCUT2D eigenvalue weighted by atomic mass is 35.5. The molecular weight excluding hydrogens is 485 g/mol. The average Bonchev–Trinajstić information content (AvgIpc) is 3.68. The first-order valence-electron chi connectivity index (χ1n) is 11.7. The summed E-state index contributed by atoms with van der Waals surface area (Å²) in [7, 11) is 0. The summed E-state index contributed by atoms with van der Waals surface area (Å²) in [6.07, 6.45) is 4.28. The minimum atomic E-state index is -0.553. The Balaban J connectivity index is 1.30. The molecule has 1 saturated carbocycles. The Labute approximate surface area is 214 Å². The van der Waals surface area contributed by atoms with Gasteiger partial charge in [0.15, 0.2) is 0 Å². The van der Waals surface area contributed by atoms with Gasteiger partial charge in [0, 0.05) is 17.8 Å². The molecule has 0 bridgehead atoms. The first kappa shape index (κ1) is 23.7. The summed E-state index contributed by atoms with van der Waals surface area (Å²) in [6.45, 7) is 0.592. The van der Waals surface area contributed by atoms with Crippen molar-refractivity contribution in [3.05, 3.63) is 93.5 Å². The zero-order valence-corrected chi connectivity index (χ0v) is 20.5. The molecule has 3 aromatic rings. The monoisotopic (exact) mass is 509 g/mol. The smallest absolute Gasteiger partial charge is 0.335 e. The van der Waals surface area contributed by atoms with Gasteiger partial charge in [-0.3, -0.25) is 4.79 Å². The van der Waals surface area contributed by atoms with Crippen LogP contribution in [0.15, 0.2) is 66.7 Å². The van der Waals surface area contributed by atoms with Gasteiger partial charge in [-0.25, -0.2) is 9.86 Å². The topological polar surface area (TPSA) is 70.7 Å². The van der Waals surface area contributed by atoms with Crippen LogP contribution in [0, 0.1) is 0 Å². The number of anilines is 2. The number of carbonyl (C=O) groups excluding carboxylic acids is 2. The van der Waals surface area contributed by atoms with Gasteiger partial charge in [-0.2, -0.15) is 0 Å². The van der Waals surface area contributed by atoms with Crippen LogP contribution in [0.25, 0.3) is 0 Å². The largest absolute Gasteiger partial charge is 0.364 e. The van der Waals surface area contributed by atoms with Gasteiger partial charge in [0.25, 0.3) is 5.91 Å². The Hall–Kier alpha value is -3.06. The third-order valence-electron chi connectivity index (χ3n) is 6.21. The van der Waals surface area contributed by atoms with Gasteiger partial charge < -0.3 is 15.5 Å². The molecule has 1 amide bonds. The lowest BCUT2D eigenvalue weighted by molar-refractivity contribution is 0.0450. The van der Waals surface area contributed by atoms with Crippen molar-refractivity contribution in [1.82, 2.24) is 5.32 Å². The maximum absolute atomic E-state index is 13.1. The van der Waals surface area contributed by atoms with Crippen LogP contribution >= 0.6 is 23.2 Å². The summed E-state index contributed by atoms with van der Waals surface area (Å²) in [5.74, 6) is -0.917. The van der Waals surface area contributed by atoms with Gasteiger partial charge >= 0.3 is 5.97 Å². The molecule has 0 aromatic heterocycles. The summed E-state index contributed by atoms with van der Waals surface area (Å²) < 4.78 is 0. The first-order chi connectivity index (χ1) is 17.0. The summed E-state index contributed by atoms with van der Waals surface area (Å²) in [6, 6.07) is 20.3. The molecule has 6 nitrogen and oxygen atoms in total. The predicted molar refractivity (Wildman–Crippen MR) is 138 cm³/mol. The van der Waals surface area contributed by atoms with E-state index >= 15 is 0 Å². The van der Waals surface area contributed by atoms with E-state index in [9.17, 15) is 9.59 Å². The second-order valence-electron chi connectivity index (χ2n) is 8.80. The van der Waals surface area contributed by atoms with Crippen LogP contribution in [0.5, 0.6) is 0 Å². The Morgan fingerprint density at radius 3 is 2.43 bits per heavy atom. The number of nitrogens with zero attached hydrogens (tertiary/aromatic N) is 1. The highest BCUT2D eigenvalue weighted by Crippen LogP contribution is 2.36.